The first kappa shape index (κ1) is 22.1. The minimum absolute atomic E-state index is 0.103. The number of carbonyl (C=O) groups excluding carboxylic acids is 2. The lowest BCUT2D eigenvalue weighted by Gasteiger charge is -2.33. The van der Waals surface area contributed by atoms with Crippen molar-refractivity contribution < 1.29 is 23.5 Å². The molecule has 2 amide bonds. The molecular weight excluding hydrogens is 432 g/mol. The van der Waals surface area contributed by atoms with Crippen LogP contribution in [0.2, 0.25) is 0 Å². The highest BCUT2D eigenvalue weighted by atomic mass is 16.7. The third-order valence-electron chi connectivity index (χ3n) is 6.44. The van der Waals surface area contributed by atoms with Crippen LogP contribution in [0.25, 0.3) is 0 Å². The van der Waals surface area contributed by atoms with Gasteiger partial charge in [-0.1, -0.05) is 49.1 Å². The molecule has 1 fully saturated rings. The van der Waals surface area contributed by atoms with E-state index in [0.29, 0.717) is 17.2 Å². The third-order valence-corrected chi connectivity index (χ3v) is 6.44. The quantitative estimate of drug-likeness (QED) is 0.550. The number of anilines is 1. The Bertz CT molecular complexity index is 1150. The van der Waals surface area contributed by atoms with Gasteiger partial charge in [0.2, 0.25) is 12.7 Å². The highest BCUT2D eigenvalue weighted by Crippen LogP contribution is 2.39. The second-order valence-corrected chi connectivity index (χ2v) is 8.85. The van der Waals surface area contributed by atoms with Crippen molar-refractivity contribution in [3.8, 4) is 11.5 Å². The fourth-order valence-corrected chi connectivity index (χ4v) is 4.63. The van der Waals surface area contributed by atoms with E-state index >= 15 is 0 Å². The van der Waals surface area contributed by atoms with Crippen molar-refractivity contribution in [2.45, 2.75) is 51.1 Å². The number of carbonyl (C=O) groups is 2. The molecule has 1 N–H and O–H groups in total. The summed E-state index contributed by atoms with van der Waals surface area (Å²) in [7, 11) is 0. The van der Waals surface area contributed by atoms with Gasteiger partial charge in [-0.15, -0.1) is 0 Å². The summed E-state index contributed by atoms with van der Waals surface area (Å²) < 4.78 is 16.5. The molecular formula is C27H28N2O5. The van der Waals surface area contributed by atoms with Gasteiger partial charge in [0.05, 0.1) is 6.26 Å². The van der Waals surface area contributed by atoms with Gasteiger partial charge in [-0.25, -0.2) is 0 Å². The van der Waals surface area contributed by atoms with Crippen LogP contribution in [0, 0.1) is 6.92 Å². The highest BCUT2D eigenvalue weighted by molar-refractivity contribution is 6.08. The van der Waals surface area contributed by atoms with Crippen LogP contribution < -0.4 is 19.7 Å². The molecule has 0 saturated heterocycles. The average Bonchev–Trinajstić information content (AvgIpc) is 3.55. The summed E-state index contributed by atoms with van der Waals surface area (Å²) in [4.78, 5) is 29.1. The van der Waals surface area contributed by atoms with E-state index in [-0.39, 0.29) is 24.5 Å². The van der Waals surface area contributed by atoms with E-state index in [0.717, 1.165) is 36.8 Å². The van der Waals surface area contributed by atoms with E-state index < -0.39 is 11.9 Å². The zero-order valence-corrected chi connectivity index (χ0v) is 19.2. The molecule has 0 unspecified atom stereocenters. The van der Waals surface area contributed by atoms with E-state index in [1.54, 1.807) is 30.3 Å². The van der Waals surface area contributed by atoms with Crippen molar-refractivity contribution in [3.63, 3.8) is 0 Å². The molecule has 2 heterocycles. The van der Waals surface area contributed by atoms with Crippen LogP contribution >= 0.6 is 0 Å². The normalized spacial score (nSPS) is 16.1. The molecule has 5 rings (SSSR count). The lowest BCUT2D eigenvalue weighted by atomic mass is 9.94. The predicted octanol–water partition coefficient (Wildman–Crippen LogP) is 5.15. The zero-order chi connectivity index (χ0) is 23.5. The standard InChI is InChI=1S/C27H28N2O5/c1-18-9-11-19(12-10-18)25(26(30)28-20-6-3-2-4-7-20)29(27(31)23-8-5-15-32-23)21-13-14-22-24(16-21)34-17-33-22/h5,8-16,20,25H,2-4,6-7,17H2,1H3,(H,28,30)/t25-/m0/s1. The Balaban J connectivity index is 1.58. The smallest absolute Gasteiger partial charge is 0.294 e. The Morgan fingerprint density at radius 1 is 0.971 bits per heavy atom. The SMILES string of the molecule is Cc1ccc([C@@H](C(=O)NC2CCCCC2)N(C(=O)c2ccco2)c2ccc3c(c2)OCO3)cc1. The molecule has 0 spiro atoms. The van der Waals surface area contributed by atoms with Crippen molar-refractivity contribution in [1.82, 2.24) is 5.32 Å². The zero-order valence-electron chi connectivity index (χ0n) is 19.2. The van der Waals surface area contributed by atoms with Crippen molar-refractivity contribution in [2.24, 2.45) is 0 Å². The lowest BCUT2D eigenvalue weighted by molar-refractivity contribution is -0.123. The van der Waals surface area contributed by atoms with Crippen molar-refractivity contribution >= 4 is 17.5 Å². The second-order valence-electron chi connectivity index (χ2n) is 8.85. The van der Waals surface area contributed by atoms with Gasteiger partial charge in [0.1, 0.15) is 6.04 Å². The first-order valence-corrected chi connectivity index (χ1v) is 11.7. The summed E-state index contributed by atoms with van der Waals surface area (Å²) >= 11 is 0. The minimum atomic E-state index is -0.888. The molecule has 1 aliphatic heterocycles. The maximum absolute atomic E-state index is 13.8. The van der Waals surface area contributed by atoms with Gasteiger partial charge in [0, 0.05) is 17.8 Å². The molecule has 34 heavy (non-hydrogen) atoms. The lowest BCUT2D eigenvalue weighted by Crippen LogP contribution is -2.47. The molecule has 2 aliphatic rings. The van der Waals surface area contributed by atoms with Gasteiger partial charge < -0.3 is 19.2 Å². The molecule has 176 valence electrons. The Morgan fingerprint density at radius 2 is 1.74 bits per heavy atom. The van der Waals surface area contributed by atoms with Gasteiger partial charge in [-0.3, -0.25) is 14.5 Å². The maximum Gasteiger partial charge on any atom is 0.294 e. The third kappa shape index (κ3) is 4.51. The highest BCUT2D eigenvalue weighted by Gasteiger charge is 2.36. The van der Waals surface area contributed by atoms with Crippen molar-refractivity contribution in [1.29, 1.82) is 0 Å². The van der Waals surface area contributed by atoms with Crippen LogP contribution in [0.1, 0.15) is 59.8 Å². The Labute approximate surface area is 198 Å². The van der Waals surface area contributed by atoms with Crippen molar-refractivity contribution in [3.05, 3.63) is 77.7 Å². The fraction of sp³-hybridized carbons (Fsp3) is 0.333. The number of benzene rings is 2. The topological polar surface area (TPSA) is 81.0 Å². The number of nitrogens with one attached hydrogen (secondary N) is 1. The fourth-order valence-electron chi connectivity index (χ4n) is 4.63. The summed E-state index contributed by atoms with van der Waals surface area (Å²) in [5.74, 6) is 0.666. The molecule has 1 atom stereocenters. The molecule has 3 aromatic rings. The first-order chi connectivity index (χ1) is 16.6. The van der Waals surface area contributed by atoms with Crippen LogP contribution in [0.5, 0.6) is 11.5 Å². The van der Waals surface area contributed by atoms with E-state index in [4.69, 9.17) is 13.9 Å². The van der Waals surface area contributed by atoms with Crippen LogP contribution in [0.3, 0.4) is 0 Å². The Kier molecular flexibility index (Phi) is 6.25. The summed E-state index contributed by atoms with van der Waals surface area (Å²) in [6.45, 7) is 2.11. The van der Waals surface area contributed by atoms with Crippen LogP contribution in [-0.4, -0.2) is 24.6 Å². The van der Waals surface area contributed by atoms with E-state index in [1.807, 2.05) is 31.2 Å². The number of furan rings is 1. The molecule has 2 aromatic carbocycles. The molecule has 1 saturated carbocycles. The number of ether oxygens (including phenoxy) is 2. The molecule has 0 bridgehead atoms. The van der Waals surface area contributed by atoms with Gasteiger partial charge >= 0.3 is 0 Å². The number of fused-ring (bicyclic) bond motifs is 1. The molecule has 1 aromatic heterocycles. The molecule has 7 nitrogen and oxygen atoms in total. The van der Waals surface area contributed by atoms with Crippen LogP contribution in [0.4, 0.5) is 5.69 Å². The summed E-state index contributed by atoms with van der Waals surface area (Å²) in [5.41, 5.74) is 2.31. The number of rotatable bonds is 6. The summed E-state index contributed by atoms with van der Waals surface area (Å²) in [6.07, 6.45) is 6.72. The number of amides is 2. The number of nitrogens with zero attached hydrogens (tertiary/aromatic N) is 1. The number of hydrogen-bond donors (Lipinski definition) is 1. The molecule has 7 heteroatoms. The number of hydrogen-bond acceptors (Lipinski definition) is 5. The summed E-state index contributed by atoms with van der Waals surface area (Å²) in [5, 5.41) is 3.22. The number of aryl methyl sites for hydroxylation is 1. The second kappa shape index (κ2) is 9.63. The molecule has 1 aliphatic carbocycles. The predicted molar refractivity (Wildman–Crippen MR) is 127 cm³/mol. The molecule has 0 radical (unpaired) electrons. The van der Waals surface area contributed by atoms with Gasteiger partial charge in [-0.2, -0.15) is 0 Å². The average molecular weight is 461 g/mol. The first-order valence-electron chi connectivity index (χ1n) is 11.7. The van der Waals surface area contributed by atoms with Gasteiger partial charge in [0.25, 0.3) is 5.91 Å². The van der Waals surface area contributed by atoms with E-state index in [9.17, 15) is 9.59 Å². The monoisotopic (exact) mass is 460 g/mol. The Morgan fingerprint density at radius 3 is 2.47 bits per heavy atom. The van der Waals surface area contributed by atoms with Gasteiger partial charge in [0.15, 0.2) is 17.3 Å². The van der Waals surface area contributed by atoms with Crippen LogP contribution in [-0.2, 0) is 4.79 Å². The summed E-state index contributed by atoms with van der Waals surface area (Å²) in [6, 6.07) is 15.4. The maximum atomic E-state index is 13.8. The van der Waals surface area contributed by atoms with Crippen molar-refractivity contribution in [2.75, 3.05) is 11.7 Å². The van der Waals surface area contributed by atoms with Gasteiger partial charge in [-0.05, 0) is 49.6 Å². The van der Waals surface area contributed by atoms with Crippen LogP contribution in [0.15, 0.2) is 65.3 Å². The minimum Gasteiger partial charge on any atom is -0.459 e. The van der Waals surface area contributed by atoms with E-state index in [1.165, 1.54) is 17.6 Å². The van der Waals surface area contributed by atoms with E-state index in [2.05, 4.69) is 5.32 Å². The largest absolute Gasteiger partial charge is 0.459 e. The Hall–Kier alpha value is -3.74.